The zero-order valence-electron chi connectivity index (χ0n) is 12.9. The van der Waals surface area contributed by atoms with Crippen LogP contribution in [0, 0.1) is 5.92 Å². The third-order valence-electron chi connectivity index (χ3n) is 4.87. The number of halogens is 2. The van der Waals surface area contributed by atoms with E-state index < -0.39 is 0 Å². The number of hydrogen-bond acceptors (Lipinski definition) is 3. The maximum absolute atomic E-state index is 10.5. The van der Waals surface area contributed by atoms with Gasteiger partial charge in [0.05, 0.1) is 22.8 Å². The van der Waals surface area contributed by atoms with Crippen molar-refractivity contribution in [1.29, 1.82) is 0 Å². The molecule has 2 bridgehead atoms. The quantitative estimate of drug-likeness (QED) is 0.882. The zero-order valence-corrected chi connectivity index (χ0v) is 14.4. The highest BCUT2D eigenvalue weighted by atomic mass is 35.5. The van der Waals surface area contributed by atoms with Gasteiger partial charge >= 0.3 is 0 Å². The van der Waals surface area contributed by atoms with E-state index in [9.17, 15) is 5.11 Å². The number of fused-ring (bicyclic) bond motifs is 3. The summed E-state index contributed by atoms with van der Waals surface area (Å²) in [6.45, 7) is 4.83. The number of ether oxygens (including phenoxy) is 1. The second-order valence-electron chi connectivity index (χ2n) is 6.37. The molecule has 3 fully saturated rings. The van der Waals surface area contributed by atoms with E-state index >= 15 is 0 Å². The molecule has 5 heteroatoms. The molecular weight excluding hydrogens is 321 g/mol. The summed E-state index contributed by atoms with van der Waals surface area (Å²) in [4.78, 5) is 2.40. The van der Waals surface area contributed by atoms with Crippen LogP contribution in [0.3, 0.4) is 0 Å². The van der Waals surface area contributed by atoms with Gasteiger partial charge in [-0.3, -0.25) is 4.90 Å². The Labute approximate surface area is 142 Å². The van der Waals surface area contributed by atoms with Crippen molar-refractivity contribution in [2.45, 2.75) is 44.8 Å². The van der Waals surface area contributed by atoms with Gasteiger partial charge in [-0.1, -0.05) is 30.1 Å². The smallest absolute Gasteiger partial charge is 0.156 e. The van der Waals surface area contributed by atoms with Gasteiger partial charge in [-0.2, -0.15) is 0 Å². The first-order chi connectivity index (χ1) is 10.6. The van der Waals surface area contributed by atoms with Crippen molar-refractivity contribution in [3.8, 4) is 5.75 Å². The molecule has 0 radical (unpaired) electrons. The molecule has 0 saturated carbocycles. The van der Waals surface area contributed by atoms with Crippen LogP contribution in [0.15, 0.2) is 12.1 Å². The van der Waals surface area contributed by atoms with Crippen molar-refractivity contribution in [1.82, 2.24) is 4.90 Å². The van der Waals surface area contributed by atoms with Crippen molar-refractivity contribution < 1.29 is 9.84 Å². The standard InChI is InChI=1S/C17H23Cl2NO2/c1-2-7-22-17-13(18)8-11(9-14(17)19)10-15-16(21)12-3-5-20(15)6-4-12/h8-9,12,15-16,21H,2-7,10H2,1H3. The summed E-state index contributed by atoms with van der Waals surface area (Å²) in [7, 11) is 0. The first-order valence-electron chi connectivity index (χ1n) is 8.13. The SMILES string of the molecule is CCCOc1c(Cl)cc(CC2C(O)C3CCN2CC3)cc1Cl. The summed E-state index contributed by atoms with van der Waals surface area (Å²) >= 11 is 12.6. The van der Waals surface area contributed by atoms with Crippen LogP contribution in [0.5, 0.6) is 5.75 Å². The predicted molar refractivity (Wildman–Crippen MR) is 90.0 cm³/mol. The Morgan fingerprint density at radius 3 is 2.41 bits per heavy atom. The third kappa shape index (κ3) is 3.23. The third-order valence-corrected chi connectivity index (χ3v) is 5.44. The van der Waals surface area contributed by atoms with E-state index in [1.54, 1.807) is 0 Å². The largest absolute Gasteiger partial charge is 0.490 e. The molecule has 4 rings (SSSR count). The molecule has 122 valence electrons. The van der Waals surface area contributed by atoms with E-state index in [-0.39, 0.29) is 12.1 Å². The number of aliphatic hydroxyl groups excluding tert-OH is 1. The number of benzene rings is 1. The minimum Gasteiger partial charge on any atom is -0.490 e. The van der Waals surface area contributed by atoms with Gasteiger partial charge in [-0.05, 0) is 62.4 Å². The summed E-state index contributed by atoms with van der Waals surface area (Å²) < 4.78 is 5.61. The second-order valence-corrected chi connectivity index (χ2v) is 7.19. The van der Waals surface area contributed by atoms with Crippen LogP contribution in [0.1, 0.15) is 31.7 Å². The lowest BCUT2D eigenvalue weighted by Gasteiger charge is -2.49. The highest BCUT2D eigenvalue weighted by Gasteiger charge is 2.41. The Bertz CT molecular complexity index is 504. The normalized spacial score (nSPS) is 30.5. The summed E-state index contributed by atoms with van der Waals surface area (Å²) in [5, 5.41) is 11.6. The molecule has 1 aromatic carbocycles. The van der Waals surface area contributed by atoms with Gasteiger partial charge in [0, 0.05) is 6.04 Å². The molecule has 3 heterocycles. The van der Waals surface area contributed by atoms with Crippen LogP contribution in [-0.4, -0.2) is 41.8 Å². The van der Waals surface area contributed by atoms with Crippen LogP contribution in [0.25, 0.3) is 0 Å². The summed E-state index contributed by atoms with van der Waals surface area (Å²) in [6.07, 6.45) is 3.69. The van der Waals surface area contributed by atoms with Crippen molar-refractivity contribution in [2.75, 3.05) is 19.7 Å². The fourth-order valence-electron chi connectivity index (χ4n) is 3.69. The first kappa shape index (κ1) is 16.4. The molecule has 3 nitrogen and oxygen atoms in total. The summed E-state index contributed by atoms with van der Waals surface area (Å²) in [5.74, 6) is 1.02. The minimum atomic E-state index is -0.240. The molecule has 2 atom stereocenters. The summed E-state index contributed by atoms with van der Waals surface area (Å²) in [6, 6.07) is 4.03. The van der Waals surface area contributed by atoms with Crippen LogP contribution in [-0.2, 0) is 6.42 Å². The first-order valence-corrected chi connectivity index (χ1v) is 8.88. The number of hydrogen-bond donors (Lipinski definition) is 1. The van der Waals surface area contributed by atoms with Gasteiger partial charge < -0.3 is 9.84 Å². The molecule has 0 amide bonds. The maximum atomic E-state index is 10.5. The molecule has 0 spiro atoms. The van der Waals surface area contributed by atoms with Gasteiger partial charge in [-0.15, -0.1) is 0 Å². The van der Waals surface area contributed by atoms with Crippen LogP contribution in [0.2, 0.25) is 10.0 Å². The van der Waals surface area contributed by atoms with Gasteiger partial charge in [-0.25, -0.2) is 0 Å². The molecule has 3 saturated heterocycles. The Morgan fingerprint density at radius 1 is 1.23 bits per heavy atom. The van der Waals surface area contributed by atoms with E-state index in [4.69, 9.17) is 27.9 Å². The van der Waals surface area contributed by atoms with Crippen molar-refractivity contribution in [3.05, 3.63) is 27.7 Å². The number of rotatable bonds is 5. The fraction of sp³-hybridized carbons (Fsp3) is 0.647. The van der Waals surface area contributed by atoms with Crippen LogP contribution >= 0.6 is 23.2 Å². The molecule has 2 unspecified atom stereocenters. The average molecular weight is 344 g/mol. The Hall–Kier alpha value is -0.480. The zero-order chi connectivity index (χ0) is 15.7. The lowest BCUT2D eigenvalue weighted by atomic mass is 9.78. The Morgan fingerprint density at radius 2 is 1.86 bits per heavy atom. The highest BCUT2D eigenvalue weighted by Crippen LogP contribution is 2.37. The monoisotopic (exact) mass is 343 g/mol. The maximum Gasteiger partial charge on any atom is 0.156 e. The van der Waals surface area contributed by atoms with Gasteiger partial charge in [0.15, 0.2) is 5.75 Å². The fourth-order valence-corrected chi connectivity index (χ4v) is 4.33. The Balaban J connectivity index is 1.75. The number of aliphatic hydroxyl groups is 1. The average Bonchev–Trinajstić information content (AvgIpc) is 2.50. The van der Waals surface area contributed by atoms with E-state index in [1.165, 1.54) is 0 Å². The van der Waals surface area contributed by atoms with E-state index in [0.29, 0.717) is 28.3 Å². The minimum absolute atomic E-state index is 0.182. The molecule has 1 aromatic rings. The van der Waals surface area contributed by atoms with Crippen molar-refractivity contribution in [2.24, 2.45) is 5.92 Å². The van der Waals surface area contributed by atoms with Crippen molar-refractivity contribution in [3.63, 3.8) is 0 Å². The highest BCUT2D eigenvalue weighted by molar-refractivity contribution is 6.37. The summed E-state index contributed by atoms with van der Waals surface area (Å²) in [5.41, 5.74) is 1.07. The number of nitrogens with zero attached hydrogens (tertiary/aromatic N) is 1. The van der Waals surface area contributed by atoms with Crippen LogP contribution < -0.4 is 4.74 Å². The molecule has 22 heavy (non-hydrogen) atoms. The van der Waals surface area contributed by atoms with Crippen molar-refractivity contribution >= 4 is 23.2 Å². The lowest BCUT2D eigenvalue weighted by Crippen LogP contribution is -2.58. The van der Waals surface area contributed by atoms with E-state index in [2.05, 4.69) is 4.90 Å². The number of piperidine rings is 3. The van der Waals surface area contributed by atoms with Gasteiger partial charge in [0.1, 0.15) is 0 Å². The lowest BCUT2D eigenvalue weighted by molar-refractivity contribution is -0.0715. The molecule has 3 aliphatic heterocycles. The van der Waals surface area contributed by atoms with E-state index in [1.807, 2.05) is 19.1 Å². The molecular formula is C17H23Cl2NO2. The topological polar surface area (TPSA) is 32.7 Å². The van der Waals surface area contributed by atoms with E-state index in [0.717, 1.165) is 44.3 Å². The van der Waals surface area contributed by atoms with Gasteiger partial charge in [0.2, 0.25) is 0 Å². The molecule has 1 N–H and O–H groups in total. The Kier molecular flexibility index (Phi) is 5.18. The van der Waals surface area contributed by atoms with Crippen LogP contribution in [0.4, 0.5) is 0 Å². The van der Waals surface area contributed by atoms with Gasteiger partial charge in [0.25, 0.3) is 0 Å². The molecule has 3 aliphatic rings. The molecule has 0 aliphatic carbocycles. The predicted octanol–water partition coefficient (Wildman–Crippen LogP) is 3.78. The molecule has 0 aromatic heterocycles. The second kappa shape index (κ2) is 6.96.